The summed E-state index contributed by atoms with van der Waals surface area (Å²) in [5, 5.41) is 9.35. The van der Waals surface area contributed by atoms with Crippen molar-refractivity contribution in [2.24, 2.45) is 0 Å². The Balaban J connectivity index is 1.88. The van der Waals surface area contributed by atoms with E-state index in [1.165, 1.54) is 5.57 Å². The van der Waals surface area contributed by atoms with Crippen LogP contribution in [-0.4, -0.2) is 41.6 Å². The fourth-order valence-corrected chi connectivity index (χ4v) is 3.04. The lowest BCUT2D eigenvalue weighted by Crippen LogP contribution is -2.45. The Morgan fingerprint density at radius 1 is 1.29 bits per heavy atom. The van der Waals surface area contributed by atoms with Crippen molar-refractivity contribution >= 4 is 17.7 Å². The van der Waals surface area contributed by atoms with Gasteiger partial charge in [0.1, 0.15) is 5.92 Å². The second-order valence-electron chi connectivity index (χ2n) is 5.60. The fourth-order valence-electron chi connectivity index (χ4n) is 3.04. The highest BCUT2D eigenvalue weighted by atomic mass is 16.4. The number of fused-ring (bicyclic) bond motifs is 1. The molecule has 0 aliphatic carbocycles. The average Bonchev–Trinajstić information content (AvgIpc) is 2.86. The van der Waals surface area contributed by atoms with Crippen molar-refractivity contribution in [3.05, 3.63) is 41.5 Å². The van der Waals surface area contributed by atoms with Crippen molar-refractivity contribution in [1.29, 1.82) is 0 Å². The van der Waals surface area contributed by atoms with Crippen molar-refractivity contribution in [1.82, 2.24) is 4.90 Å². The van der Waals surface area contributed by atoms with Crippen LogP contribution >= 0.6 is 0 Å². The lowest BCUT2D eigenvalue weighted by molar-refractivity contribution is -0.138. The number of anilines is 1. The molecule has 5 nitrogen and oxygen atoms in total. The van der Waals surface area contributed by atoms with E-state index in [9.17, 15) is 14.7 Å². The number of carbonyl (C=O) groups is 2. The summed E-state index contributed by atoms with van der Waals surface area (Å²) < 4.78 is 0. The minimum atomic E-state index is -0.882. The molecule has 0 radical (unpaired) electrons. The third-order valence-electron chi connectivity index (χ3n) is 4.10. The van der Waals surface area contributed by atoms with Gasteiger partial charge in [-0.1, -0.05) is 29.8 Å². The average molecular weight is 286 g/mol. The molecule has 0 saturated heterocycles. The molecule has 1 unspecified atom stereocenters. The number of hydrogen-bond acceptors (Lipinski definition) is 2. The molecule has 2 amide bonds. The van der Waals surface area contributed by atoms with Crippen LogP contribution in [0, 0.1) is 0 Å². The van der Waals surface area contributed by atoms with Gasteiger partial charge >= 0.3 is 12.0 Å². The number of benzene rings is 1. The van der Waals surface area contributed by atoms with Crippen LogP contribution in [0.4, 0.5) is 10.5 Å². The number of carbonyl (C=O) groups excluding carboxylic acids is 1. The zero-order valence-corrected chi connectivity index (χ0v) is 12.0. The number of carboxylic acids is 1. The van der Waals surface area contributed by atoms with E-state index in [0.29, 0.717) is 13.1 Å². The predicted molar refractivity (Wildman–Crippen MR) is 79.5 cm³/mol. The summed E-state index contributed by atoms with van der Waals surface area (Å²) in [6.45, 7) is 3.53. The Hall–Kier alpha value is -2.30. The molecule has 21 heavy (non-hydrogen) atoms. The lowest BCUT2D eigenvalue weighted by atomic mass is 10.0. The number of rotatable bonds is 1. The minimum Gasteiger partial charge on any atom is -0.481 e. The van der Waals surface area contributed by atoms with Gasteiger partial charge < -0.3 is 10.0 Å². The molecule has 1 atom stereocenters. The van der Waals surface area contributed by atoms with Crippen LogP contribution in [0.15, 0.2) is 35.9 Å². The smallest absolute Gasteiger partial charge is 0.324 e. The third-order valence-corrected chi connectivity index (χ3v) is 4.10. The van der Waals surface area contributed by atoms with Crippen molar-refractivity contribution < 1.29 is 14.7 Å². The second kappa shape index (κ2) is 5.24. The first-order chi connectivity index (χ1) is 10.1. The van der Waals surface area contributed by atoms with Gasteiger partial charge in [0.2, 0.25) is 0 Å². The first kappa shape index (κ1) is 13.7. The highest BCUT2D eigenvalue weighted by Crippen LogP contribution is 2.37. The molecule has 1 aromatic carbocycles. The topological polar surface area (TPSA) is 60.9 Å². The zero-order chi connectivity index (χ0) is 15.0. The molecule has 0 fully saturated rings. The van der Waals surface area contributed by atoms with Crippen LogP contribution in [0.1, 0.15) is 24.8 Å². The van der Waals surface area contributed by atoms with Gasteiger partial charge in [-0.2, -0.15) is 0 Å². The van der Waals surface area contributed by atoms with Gasteiger partial charge in [-0.15, -0.1) is 0 Å². The van der Waals surface area contributed by atoms with Gasteiger partial charge in [0.05, 0.1) is 0 Å². The van der Waals surface area contributed by atoms with Crippen molar-refractivity contribution in [3.8, 4) is 0 Å². The number of para-hydroxylation sites is 1. The Bertz CT molecular complexity index is 624. The van der Waals surface area contributed by atoms with Gasteiger partial charge in [-0.25, -0.2) is 4.79 Å². The summed E-state index contributed by atoms with van der Waals surface area (Å²) in [4.78, 5) is 27.5. The van der Waals surface area contributed by atoms with E-state index in [0.717, 1.165) is 17.7 Å². The Labute approximate surface area is 123 Å². The van der Waals surface area contributed by atoms with Gasteiger partial charge in [0.15, 0.2) is 0 Å². The number of hydrogen-bond donors (Lipinski definition) is 1. The molecule has 110 valence electrons. The number of amides is 2. The molecule has 1 N–H and O–H groups in total. The van der Waals surface area contributed by atoms with E-state index in [1.54, 1.807) is 15.9 Å². The molecular weight excluding hydrogens is 268 g/mol. The zero-order valence-electron chi connectivity index (χ0n) is 12.0. The van der Waals surface area contributed by atoms with Gasteiger partial charge in [-0.05, 0) is 25.0 Å². The maximum Gasteiger partial charge on any atom is 0.324 e. The molecule has 0 bridgehead atoms. The first-order valence-corrected chi connectivity index (χ1v) is 7.11. The van der Waals surface area contributed by atoms with Crippen LogP contribution in [0.25, 0.3) is 0 Å². The molecular formula is C16H18N2O3. The van der Waals surface area contributed by atoms with Crippen molar-refractivity contribution in [2.75, 3.05) is 24.5 Å². The molecule has 5 heteroatoms. The Kier molecular flexibility index (Phi) is 3.41. The van der Waals surface area contributed by atoms with Crippen molar-refractivity contribution in [3.63, 3.8) is 0 Å². The highest BCUT2D eigenvalue weighted by Gasteiger charge is 2.38. The van der Waals surface area contributed by atoms with Crippen LogP contribution in [-0.2, 0) is 4.79 Å². The Morgan fingerprint density at radius 3 is 2.76 bits per heavy atom. The van der Waals surface area contributed by atoms with Crippen molar-refractivity contribution in [2.45, 2.75) is 19.3 Å². The molecule has 0 aromatic heterocycles. The first-order valence-electron chi connectivity index (χ1n) is 7.11. The van der Waals surface area contributed by atoms with Crippen LogP contribution in [0.5, 0.6) is 0 Å². The molecule has 2 aliphatic heterocycles. The summed E-state index contributed by atoms with van der Waals surface area (Å²) in [7, 11) is 0. The van der Waals surface area contributed by atoms with Crippen LogP contribution in [0.3, 0.4) is 0 Å². The van der Waals surface area contributed by atoms with E-state index in [4.69, 9.17) is 0 Å². The Morgan fingerprint density at radius 2 is 2.05 bits per heavy atom. The normalized spacial score (nSPS) is 21.0. The van der Waals surface area contributed by atoms with E-state index in [2.05, 4.69) is 6.08 Å². The van der Waals surface area contributed by atoms with E-state index in [1.807, 2.05) is 25.1 Å². The SMILES string of the molecule is CC1=CCCN(C(=O)N2CC(C(=O)O)c3ccccc32)C1. The molecule has 1 aromatic rings. The number of carboxylic acid groups (broad SMARTS) is 1. The summed E-state index contributed by atoms with van der Waals surface area (Å²) in [5.41, 5.74) is 2.63. The molecule has 3 rings (SSSR count). The summed E-state index contributed by atoms with van der Waals surface area (Å²) in [6.07, 6.45) is 3.00. The highest BCUT2D eigenvalue weighted by molar-refractivity contribution is 5.98. The quantitative estimate of drug-likeness (QED) is 0.807. The molecule has 2 aliphatic rings. The largest absolute Gasteiger partial charge is 0.481 e. The van der Waals surface area contributed by atoms with Gasteiger partial charge in [-0.3, -0.25) is 9.69 Å². The molecule has 2 heterocycles. The minimum absolute atomic E-state index is 0.0985. The van der Waals surface area contributed by atoms with Crippen LogP contribution < -0.4 is 4.90 Å². The van der Waals surface area contributed by atoms with E-state index >= 15 is 0 Å². The molecule has 0 saturated carbocycles. The van der Waals surface area contributed by atoms with E-state index in [-0.39, 0.29) is 12.6 Å². The van der Waals surface area contributed by atoms with E-state index < -0.39 is 11.9 Å². The van der Waals surface area contributed by atoms with Gasteiger partial charge in [0, 0.05) is 25.3 Å². The monoisotopic (exact) mass is 286 g/mol. The summed E-state index contributed by atoms with van der Waals surface area (Å²) >= 11 is 0. The predicted octanol–water partition coefficient (Wildman–Crippen LogP) is 2.45. The number of urea groups is 1. The molecule has 0 spiro atoms. The second-order valence-corrected chi connectivity index (χ2v) is 5.60. The number of nitrogens with zero attached hydrogens (tertiary/aromatic N) is 2. The lowest BCUT2D eigenvalue weighted by Gasteiger charge is -2.31. The van der Waals surface area contributed by atoms with Crippen LogP contribution in [0.2, 0.25) is 0 Å². The summed E-state index contributed by atoms with van der Waals surface area (Å²) in [6, 6.07) is 7.17. The third kappa shape index (κ3) is 2.39. The number of aliphatic carboxylic acids is 1. The summed E-state index contributed by atoms with van der Waals surface area (Å²) in [5.74, 6) is -1.51. The van der Waals surface area contributed by atoms with Gasteiger partial charge in [0.25, 0.3) is 0 Å². The standard InChI is InChI=1S/C16H18N2O3/c1-11-5-4-8-17(9-11)16(21)18-10-13(15(19)20)12-6-2-3-7-14(12)18/h2-3,5-7,13H,4,8-10H2,1H3,(H,19,20). The maximum absolute atomic E-state index is 12.7. The maximum atomic E-state index is 12.7. The fraction of sp³-hybridized carbons (Fsp3) is 0.375.